The van der Waals surface area contributed by atoms with Crippen LogP contribution in [0.4, 0.5) is 0 Å². The van der Waals surface area contributed by atoms with E-state index in [-0.39, 0.29) is 0 Å². The zero-order valence-corrected chi connectivity index (χ0v) is 17.2. The Morgan fingerprint density at radius 3 is 2.13 bits per heavy atom. The first-order valence-electron chi connectivity index (χ1n) is 10.8. The smallest absolute Gasteiger partial charge is 0.189 e. The number of fused-ring (bicyclic) bond motifs is 8. The Labute approximate surface area is 181 Å². The third kappa shape index (κ3) is 2.16. The Morgan fingerprint density at radius 2 is 1.23 bits per heavy atom. The highest BCUT2D eigenvalue weighted by Crippen LogP contribution is 2.60. The molecule has 0 fully saturated rings. The van der Waals surface area contributed by atoms with Crippen LogP contribution in [0, 0.1) is 6.92 Å². The summed E-state index contributed by atoms with van der Waals surface area (Å²) in [6.45, 7) is 2.14. The summed E-state index contributed by atoms with van der Waals surface area (Å²) in [6.07, 6.45) is 0. The lowest BCUT2D eigenvalue weighted by Crippen LogP contribution is -2.42. The summed E-state index contributed by atoms with van der Waals surface area (Å²) in [5, 5.41) is 2.55. The zero-order valence-electron chi connectivity index (χ0n) is 17.2. The van der Waals surface area contributed by atoms with E-state index in [0.717, 1.165) is 5.75 Å². The summed E-state index contributed by atoms with van der Waals surface area (Å²) < 4.78 is 6.56. The van der Waals surface area contributed by atoms with Gasteiger partial charge in [-0.1, -0.05) is 90.5 Å². The maximum atomic E-state index is 6.56. The molecule has 0 amide bonds. The van der Waals surface area contributed by atoms with Gasteiger partial charge in [0.05, 0.1) is 0 Å². The molecular weight excluding hydrogens is 376 g/mol. The molecule has 0 saturated carbocycles. The van der Waals surface area contributed by atoms with E-state index >= 15 is 0 Å². The highest BCUT2D eigenvalue weighted by atomic mass is 16.5. The number of benzene rings is 5. The number of aryl methyl sites for hydroxylation is 1. The van der Waals surface area contributed by atoms with E-state index in [4.69, 9.17) is 4.74 Å². The van der Waals surface area contributed by atoms with Crippen LogP contribution in [-0.2, 0) is 5.60 Å². The topological polar surface area (TPSA) is 9.23 Å². The van der Waals surface area contributed by atoms with E-state index in [0.29, 0.717) is 0 Å². The Kier molecular flexibility index (Phi) is 3.20. The van der Waals surface area contributed by atoms with Gasteiger partial charge in [0.15, 0.2) is 5.60 Å². The number of rotatable bonds is 1. The minimum absolute atomic E-state index is 0.494. The fourth-order valence-electron chi connectivity index (χ4n) is 5.38. The van der Waals surface area contributed by atoms with Gasteiger partial charge in [0.2, 0.25) is 0 Å². The lowest BCUT2D eigenvalue weighted by molar-refractivity contribution is 0.101. The van der Waals surface area contributed by atoms with Crippen molar-refractivity contribution >= 4 is 10.8 Å². The van der Waals surface area contributed by atoms with Crippen molar-refractivity contribution in [2.24, 2.45) is 0 Å². The maximum absolute atomic E-state index is 6.56. The van der Waals surface area contributed by atoms with Crippen molar-refractivity contribution < 1.29 is 4.74 Å². The molecule has 1 aliphatic heterocycles. The van der Waals surface area contributed by atoms with Crippen LogP contribution in [-0.4, -0.2) is 0 Å². The van der Waals surface area contributed by atoms with Crippen LogP contribution < -0.4 is 4.74 Å². The first kappa shape index (κ1) is 16.9. The van der Waals surface area contributed by atoms with Gasteiger partial charge in [-0.3, -0.25) is 0 Å². The molecule has 0 bridgehead atoms. The van der Waals surface area contributed by atoms with Crippen molar-refractivity contribution in [3.63, 3.8) is 0 Å². The van der Waals surface area contributed by atoms with Gasteiger partial charge in [-0.2, -0.15) is 0 Å². The van der Waals surface area contributed by atoms with Gasteiger partial charge < -0.3 is 4.74 Å². The molecule has 7 rings (SSSR count). The summed E-state index contributed by atoms with van der Waals surface area (Å²) in [6, 6.07) is 37.3. The van der Waals surface area contributed by atoms with Gasteiger partial charge in [-0.15, -0.1) is 0 Å². The van der Waals surface area contributed by atoms with Crippen LogP contribution in [0.25, 0.3) is 33.0 Å². The van der Waals surface area contributed by atoms with E-state index in [1.54, 1.807) is 0 Å². The summed E-state index contributed by atoms with van der Waals surface area (Å²) >= 11 is 0. The van der Waals surface area contributed by atoms with Gasteiger partial charge in [0, 0.05) is 16.7 Å². The van der Waals surface area contributed by atoms with Crippen LogP contribution >= 0.6 is 0 Å². The largest absolute Gasteiger partial charge is 0.472 e. The van der Waals surface area contributed by atoms with Crippen LogP contribution in [0.3, 0.4) is 0 Å². The molecule has 1 spiro atoms. The second kappa shape index (κ2) is 5.86. The van der Waals surface area contributed by atoms with Crippen LogP contribution in [0.1, 0.15) is 22.3 Å². The number of hydrogen-bond acceptors (Lipinski definition) is 1. The molecule has 31 heavy (non-hydrogen) atoms. The molecule has 1 nitrogen and oxygen atoms in total. The standard InChI is InChI=1S/C30H20O/c1-19-10-11-21-17-22(13-12-20(21)16-19)23-14-15-25-24-6-2-3-7-26(24)30(28(25)18-23)27-8-4-5-9-29(27)31-30/h2-18H,1H3. The Morgan fingerprint density at radius 1 is 0.548 bits per heavy atom. The molecular formula is C30H20O. The molecule has 0 saturated heterocycles. The quantitative estimate of drug-likeness (QED) is 0.285. The van der Waals surface area contributed by atoms with E-state index in [1.807, 2.05) is 6.07 Å². The Bertz CT molecular complexity index is 1530. The Balaban J connectivity index is 1.45. The Hall–Kier alpha value is -3.84. The molecule has 1 aliphatic carbocycles. The van der Waals surface area contributed by atoms with Crippen molar-refractivity contribution in [3.8, 4) is 28.0 Å². The third-order valence-corrected chi connectivity index (χ3v) is 6.85. The second-order valence-electron chi connectivity index (χ2n) is 8.65. The normalized spacial score (nSPS) is 17.6. The fourth-order valence-corrected chi connectivity index (χ4v) is 5.38. The molecule has 146 valence electrons. The number of para-hydroxylation sites is 1. The minimum Gasteiger partial charge on any atom is -0.472 e. The van der Waals surface area contributed by atoms with Crippen LogP contribution in [0.2, 0.25) is 0 Å². The molecule has 1 atom stereocenters. The number of hydrogen-bond donors (Lipinski definition) is 0. The molecule has 1 heterocycles. The second-order valence-corrected chi connectivity index (χ2v) is 8.65. The lowest BCUT2D eigenvalue weighted by Gasteiger charge is -2.43. The van der Waals surface area contributed by atoms with E-state index in [1.165, 1.54) is 55.3 Å². The highest BCUT2D eigenvalue weighted by Gasteiger charge is 2.54. The molecule has 5 aromatic rings. The summed E-state index contributed by atoms with van der Waals surface area (Å²) in [5.74, 6) is 0.983. The molecule has 5 aromatic carbocycles. The van der Waals surface area contributed by atoms with Crippen LogP contribution in [0.5, 0.6) is 5.75 Å². The van der Waals surface area contributed by atoms with Gasteiger partial charge in [0.25, 0.3) is 0 Å². The first-order chi connectivity index (χ1) is 15.2. The van der Waals surface area contributed by atoms with Gasteiger partial charge in [-0.05, 0) is 58.1 Å². The summed E-state index contributed by atoms with van der Waals surface area (Å²) in [7, 11) is 0. The van der Waals surface area contributed by atoms with E-state index in [2.05, 4.69) is 104 Å². The number of ether oxygens (including phenoxy) is 1. The lowest BCUT2D eigenvalue weighted by atomic mass is 9.79. The monoisotopic (exact) mass is 396 g/mol. The molecule has 0 N–H and O–H groups in total. The van der Waals surface area contributed by atoms with Crippen molar-refractivity contribution in [2.75, 3.05) is 0 Å². The average molecular weight is 396 g/mol. The van der Waals surface area contributed by atoms with Crippen molar-refractivity contribution in [1.29, 1.82) is 0 Å². The predicted octanol–water partition coefficient (Wildman–Crippen LogP) is 7.48. The molecule has 0 aromatic heterocycles. The molecule has 2 aliphatic rings. The summed E-state index contributed by atoms with van der Waals surface area (Å²) in [4.78, 5) is 0. The van der Waals surface area contributed by atoms with Crippen molar-refractivity contribution in [1.82, 2.24) is 0 Å². The fraction of sp³-hybridized carbons (Fsp3) is 0.0667. The van der Waals surface area contributed by atoms with E-state index < -0.39 is 5.60 Å². The molecule has 0 radical (unpaired) electrons. The molecule has 1 unspecified atom stereocenters. The predicted molar refractivity (Wildman–Crippen MR) is 127 cm³/mol. The molecule has 1 heteroatoms. The van der Waals surface area contributed by atoms with Crippen LogP contribution in [0.15, 0.2) is 103 Å². The summed E-state index contributed by atoms with van der Waals surface area (Å²) in [5.41, 5.74) is 9.54. The minimum atomic E-state index is -0.494. The first-order valence-corrected chi connectivity index (χ1v) is 10.8. The zero-order chi connectivity index (χ0) is 20.6. The van der Waals surface area contributed by atoms with Gasteiger partial charge >= 0.3 is 0 Å². The van der Waals surface area contributed by atoms with E-state index in [9.17, 15) is 0 Å². The van der Waals surface area contributed by atoms with Gasteiger partial charge in [0.1, 0.15) is 5.75 Å². The third-order valence-electron chi connectivity index (χ3n) is 6.85. The SMILES string of the molecule is Cc1ccc2cc(-c3ccc4c(c3)C3(Oc5ccccc53)c3ccccc3-4)ccc2c1. The maximum Gasteiger partial charge on any atom is 0.189 e. The van der Waals surface area contributed by atoms with Crippen molar-refractivity contribution in [3.05, 3.63) is 125 Å². The highest BCUT2D eigenvalue weighted by molar-refractivity contribution is 5.90. The van der Waals surface area contributed by atoms with Crippen molar-refractivity contribution in [2.45, 2.75) is 12.5 Å². The van der Waals surface area contributed by atoms with Gasteiger partial charge in [-0.25, -0.2) is 0 Å². The average Bonchev–Trinajstić information content (AvgIpc) is 3.10.